The van der Waals surface area contributed by atoms with Gasteiger partial charge in [-0.1, -0.05) is 0 Å². The second-order valence-corrected chi connectivity index (χ2v) is 5.96. The molecule has 1 aliphatic rings. The molecule has 25 heavy (non-hydrogen) atoms. The third-order valence-corrected chi connectivity index (χ3v) is 4.05. The van der Waals surface area contributed by atoms with Crippen molar-refractivity contribution in [2.45, 2.75) is 57.6 Å². The molecule has 1 aliphatic carbocycles. The van der Waals surface area contributed by atoms with Gasteiger partial charge in [0.25, 0.3) is 0 Å². The van der Waals surface area contributed by atoms with Crippen molar-refractivity contribution in [2.75, 3.05) is 6.61 Å². The summed E-state index contributed by atoms with van der Waals surface area (Å²) in [6.45, 7) is 2.07. The lowest BCUT2D eigenvalue weighted by atomic mass is 9.93. The monoisotopic (exact) mass is 345 g/mol. The molecule has 0 saturated heterocycles. The van der Waals surface area contributed by atoms with Crippen LogP contribution in [0.5, 0.6) is 5.88 Å². The highest BCUT2D eigenvalue weighted by Gasteiger charge is 2.24. The maximum Gasteiger partial charge on any atom is 0.306 e. The molecule has 1 amide bonds. The number of aromatic nitrogens is 1. The van der Waals surface area contributed by atoms with Crippen molar-refractivity contribution in [1.82, 2.24) is 10.3 Å². The standard InChI is InChI=1S/C18H23N3O4/c1-2-24-18(23)10-8-16(22)21-14-4-6-15(7-5-14)25-17-9-3-13(11-19)12-20-17/h3,9,12,14-15H,2,4-8,10H2,1H3,(H,21,22). The second kappa shape index (κ2) is 9.62. The molecule has 0 radical (unpaired) electrons. The van der Waals surface area contributed by atoms with E-state index in [2.05, 4.69) is 10.3 Å². The summed E-state index contributed by atoms with van der Waals surface area (Å²) in [6, 6.07) is 5.51. The molecule has 1 aromatic rings. The number of carbonyl (C=O) groups excluding carboxylic acids is 2. The lowest BCUT2D eigenvalue weighted by Crippen LogP contribution is -2.39. The van der Waals surface area contributed by atoms with Crippen LogP contribution in [0.3, 0.4) is 0 Å². The maximum atomic E-state index is 11.9. The molecule has 2 rings (SSSR count). The normalized spacial score (nSPS) is 19.5. The number of hydrogen-bond acceptors (Lipinski definition) is 6. The molecule has 1 N–H and O–H groups in total. The van der Waals surface area contributed by atoms with E-state index in [4.69, 9.17) is 14.7 Å². The minimum Gasteiger partial charge on any atom is -0.474 e. The van der Waals surface area contributed by atoms with Crippen LogP contribution in [0.15, 0.2) is 18.3 Å². The average Bonchev–Trinajstić information content (AvgIpc) is 2.62. The topological polar surface area (TPSA) is 101 Å². The molecule has 0 aliphatic heterocycles. The predicted molar refractivity (Wildman–Crippen MR) is 89.6 cm³/mol. The van der Waals surface area contributed by atoms with Gasteiger partial charge >= 0.3 is 5.97 Å². The molecule has 1 saturated carbocycles. The van der Waals surface area contributed by atoms with Gasteiger partial charge in [-0.15, -0.1) is 0 Å². The Morgan fingerprint density at radius 3 is 2.64 bits per heavy atom. The largest absolute Gasteiger partial charge is 0.474 e. The summed E-state index contributed by atoms with van der Waals surface area (Å²) in [5, 5.41) is 11.7. The Morgan fingerprint density at radius 1 is 1.28 bits per heavy atom. The van der Waals surface area contributed by atoms with E-state index in [1.807, 2.05) is 6.07 Å². The van der Waals surface area contributed by atoms with Crippen molar-refractivity contribution >= 4 is 11.9 Å². The van der Waals surface area contributed by atoms with Crippen molar-refractivity contribution in [3.8, 4) is 11.9 Å². The lowest BCUT2D eigenvalue weighted by Gasteiger charge is -2.29. The molecule has 134 valence electrons. The Morgan fingerprint density at radius 2 is 2.04 bits per heavy atom. The van der Waals surface area contributed by atoms with Gasteiger partial charge in [-0.05, 0) is 38.7 Å². The fraction of sp³-hybridized carbons (Fsp3) is 0.556. The van der Waals surface area contributed by atoms with Crippen molar-refractivity contribution in [3.63, 3.8) is 0 Å². The Bertz CT molecular complexity index is 616. The predicted octanol–water partition coefficient (Wildman–Crippen LogP) is 2.10. The second-order valence-electron chi connectivity index (χ2n) is 5.96. The summed E-state index contributed by atoms with van der Waals surface area (Å²) in [5.74, 6) is 0.0526. The number of amides is 1. The third kappa shape index (κ3) is 6.42. The van der Waals surface area contributed by atoms with E-state index in [0.717, 1.165) is 25.7 Å². The van der Waals surface area contributed by atoms with Crippen LogP contribution in [0.2, 0.25) is 0 Å². The van der Waals surface area contributed by atoms with Crippen molar-refractivity contribution in [2.24, 2.45) is 0 Å². The molecule has 1 aromatic heterocycles. The van der Waals surface area contributed by atoms with Crippen molar-refractivity contribution < 1.29 is 19.1 Å². The average molecular weight is 345 g/mol. The van der Waals surface area contributed by atoms with Gasteiger partial charge in [-0.25, -0.2) is 4.98 Å². The van der Waals surface area contributed by atoms with Crippen LogP contribution in [-0.2, 0) is 14.3 Å². The zero-order valence-electron chi connectivity index (χ0n) is 14.4. The van der Waals surface area contributed by atoms with E-state index in [-0.39, 0.29) is 36.9 Å². The molecule has 7 heteroatoms. The highest BCUT2D eigenvalue weighted by molar-refractivity contribution is 5.81. The summed E-state index contributed by atoms with van der Waals surface area (Å²) in [4.78, 5) is 27.2. The van der Waals surface area contributed by atoms with E-state index < -0.39 is 0 Å². The zero-order chi connectivity index (χ0) is 18.1. The van der Waals surface area contributed by atoms with E-state index in [9.17, 15) is 9.59 Å². The number of nitriles is 1. The molecular formula is C18H23N3O4. The smallest absolute Gasteiger partial charge is 0.306 e. The van der Waals surface area contributed by atoms with E-state index in [1.54, 1.807) is 19.1 Å². The van der Waals surface area contributed by atoms with Crippen LogP contribution in [-0.4, -0.2) is 35.6 Å². The van der Waals surface area contributed by atoms with E-state index in [1.165, 1.54) is 6.20 Å². The van der Waals surface area contributed by atoms with Crippen LogP contribution in [0.4, 0.5) is 0 Å². The zero-order valence-corrected chi connectivity index (χ0v) is 14.4. The van der Waals surface area contributed by atoms with Gasteiger partial charge in [0.05, 0.1) is 18.6 Å². The number of esters is 1. The number of rotatable bonds is 7. The molecular weight excluding hydrogens is 322 g/mol. The quantitative estimate of drug-likeness (QED) is 0.760. The molecule has 7 nitrogen and oxygen atoms in total. The molecule has 1 fully saturated rings. The Kier molecular flexibility index (Phi) is 7.20. The first-order valence-corrected chi connectivity index (χ1v) is 8.58. The Balaban J connectivity index is 1.67. The van der Waals surface area contributed by atoms with Gasteiger partial charge in [-0.3, -0.25) is 9.59 Å². The summed E-state index contributed by atoms with van der Waals surface area (Å²) in [7, 11) is 0. The van der Waals surface area contributed by atoms with Gasteiger partial charge in [0.1, 0.15) is 12.2 Å². The van der Waals surface area contributed by atoms with Crippen molar-refractivity contribution in [3.05, 3.63) is 23.9 Å². The number of nitrogens with one attached hydrogen (secondary N) is 1. The van der Waals surface area contributed by atoms with E-state index in [0.29, 0.717) is 18.1 Å². The first-order chi connectivity index (χ1) is 12.1. The van der Waals surface area contributed by atoms with Crippen LogP contribution in [0.25, 0.3) is 0 Å². The Labute approximate surface area is 147 Å². The Hall–Kier alpha value is -2.62. The number of nitrogens with zero attached hydrogens (tertiary/aromatic N) is 2. The summed E-state index contributed by atoms with van der Waals surface area (Å²) in [6.07, 6.45) is 5.12. The van der Waals surface area contributed by atoms with Gasteiger partial charge < -0.3 is 14.8 Å². The van der Waals surface area contributed by atoms with Crippen LogP contribution in [0.1, 0.15) is 51.0 Å². The lowest BCUT2D eigenvalue weighted by molar-refractivity contribution is -0.144. The molecule has 0 aromatic carbocycles. The highest BCUT2D eigenvalue weighted by Crippen LogP contribution is 2.23. The molecule has 0 unspecified atom stereocenters. The number of carbonyl (C=O) groups is 2. The maximum absolute atomic E-state index is 11.9. The molecule has 0 atom stereocenters. The number of pyridine rings is 1. The molecule has 1 heterocycles. The fourth-order valence-electron chi connectivity index (χ4n) is 2.76. The minimum absolute atomic E-state index is 0.0631. The summed E-state index contributed by atoms with van der Waals surface area (Å²) >= 11 is 0. The summed E-state index contributed by atoms with van der Waals surface area (Å²) in [5.41, 5.74) is 0.501. The minimum atomic E-state index is -0.343. The van der Waals surface area contributed by atoms with Gasteiger partial charge in [0.2, 0.25) is 11.8 Å². The van der Waals surface area contributed by atoms with Gasteiger partial charge in [0, 0.05) is 24.7 Å². The van der Waals surface area contributed by atoms with Crippen LogP contribution < -0.4 is 10.1 Å². The van der Waals surface area contributed by atoms with Crippen molar-refractivity contribution in [1.29, 1.82) is 5.26 Å². The van der Waals surface area contributed by atoms with E-state index >= 15 is 0 Å². The van der Waals surface area contributed by atoms with Crippen LogP contribution in [0, 0.1) is 11.3 Å². The SMILES string of the molecule is CCOC(=O)CCC(=O)NC1CCC(Oc2ccc(C#N)cn2)CC1. The number of ether oxygens (including phenoxy) is 2. The molecule has 0 bridgehead atoms. The highest BCUT2D eigenvalue weighted by atomic mass is 16.5. The molecule has 0 spiro atoms. The number of hydrogen-bond donors (Lipinski definition) is 1. The van der Waals surface area contributed by atoms with Crippen LogP contribution >= 0.6 is 0 Å². The first kappa shape index (κ1) is 18.7. The summed E-state index contributed by atoms with van der Waals surface area (Å²) < 4.78 is 10.6. The first-order valence-electron chi connectivity index (χ1n) is 8.58. The van der Waals surface area contributed by atoms with Gasteiger partial charge in [0.15, 0.2) is 0 Å². The van der Waals surface area contributed by atoms with Gasteiger partial charge in [-0.2, -0.15) is 5.26 Å². The fourth-order valence-corrected chi connectivity index (χ4v) is 2.76. The third-order valence-electron chi connectivity index (χ3n) is 4.05.